The van der Waals surface area contributed by atoms with E-state index in [4.69, 9.17) is 19.1 Å². The lowest BCUT2D eigenvalue weighted by Gasteiger charge is -2.05. The highest BCUT2D eigenvalue weighted by atomic mass is 16.5. The summed E-state index contributed by atoms with van der Waals surface area (Å²) in [4.78, 5) is 14.5. The van der Waals surface area contributed by atoms with E-state index in [-0.39, 0.29) is 12.5 Å². The van der Waals surface area contributed by atoms with Crippen LogP contribution in [0.15, 0.2) is 22.7 Å². The fourth-order valence-corrected chi connectivity index (χ4v) is 1.63. The van der Waals surface area contributed by atoms with Crippen molar-refractivity contribution < 1.29 is 23.9 Å². The molecule has 1 N–H and O–H groups in total. The largest absolute Gasteiger partial charge is 0.496 e. The zero-order valence-corrected chi connectivity index (χ0v) is 11.1. The Balaban J connectivity index is 2.14. The summed E-state index contributed by atoms with van der Waals surface area (Å²) in [6.45, 7) is 1.49. The Morgan fingerprint density at radius 3 is 2.95 bits per heavy atom. The Morgan fingerprint density at radius 1 is 1.45 bits per heavy atom. The summed E-state index contributed by atoms with van der Waals surface area (Å²) in [5.41, 5.74) is 1.76. The van der Waals surface area contributed by atoms with Crippen LogP contribution < -0.4 is 4.74 Å². The first-order chi connectivity index (χ1) is 9.60. The third-order valence-corrected chi connectivity index (χ3v) is 2.52. The van der Waals surface area contributed by atoms with E-state index in [9.17, 15) is 4.79 Å². The van der Waals surface area contributed by atoms with Crippen molar-refractivity contribution in [3.8, 4) is 17.1 Å². The highest BCUT2D eigenvalue weighted by molar-refractivity contribution is 5.68. The van der Waals surface area contributed by atoms with Gasteiger partial charge in [0.15, 0.2) is 0 Å². The van der Waals surface area contributed by atoms with Crippen LogP contribution in [0, 0.1) is 6.92 Å². The summed E-state index contributed by atoms with van der Waals surface area (Å²) in [5.74, 6) is 0.174. The van der Waals surface area contributed by atoms with Gasteiger partial charge in [-0.25, -0.2) is 4.79 Å². The van der Waals surface area contributed by atoms with Gasteiger partial charge in [-0.2, -0.15) is 4.98 Å². The number of rotatable bonds is 6. The minimum absolute atomic E-state index is 0.0481. The predicted octanol–water partition coefficient (Wildman–Crippen LogP) is 1.65. The molecule has 1 aromatic heterocycles. The molecule has 20 heavy (non-hydrogen) atoms. The summed E-state index contributed by atoms with van der Waals surface area (Å²) < 4.78 is 15.1. The summed E-state index contributed by atoms with van der Waals surface area (Å²) >= 11 is 0. The minimum Gasteiger partial charge on any atom is -0.496 e. The Labute approximate surface area is 115 Å². The van der Waals surface area contributed by atoms with Gasteiger partial charge in [-0.15, -0.1) is 0 Å². The molecule has 0 bridgehead atoms. The molecular weight excluding hydrogens is 264 g/mol. The molecule has 0 aliphatic heterocycles. The van der Waals surface area contributed by atoms with Gasteiger partial charge in [0.2, 0.25) is 5.82 Å². The lowest BCUT2D eigenvalue weighted by molar-refractivity contribution is -0.142. The first kappa shape index (κ1) is 14.0. The third-order valence-electron chi connectivity index (χ3n) is 2.52. The van der Waals surface area contributed by atoms with Crippen LogP contribution in [0.25, 0.3) is 11.4 Å². The summed E-state index contributed by atoms with van der Waals surface area (Å²) in [6.07, 6.45) is 0. The fourth-order valence-electron chi connectivity index (χ4n) is 1.63. The number of carbonyl (C=O) groups is 1. The van der Waals surface area contributed by atoms with E-state index in [2.05, 4.69) is 10.1 Å². The maximum atomic E-state index is 10.3. The molecule has 106 valence electrons. The molecule has 0 saturated carbocycles. The Kier molecular flexibility index (Phi) is 4.31. The molecule has 0 aliphatic carbocycles. The smallest absolute Gasteiger partial charge is 0.329 e. The van der Waals surface area contributed by atoms with Crippen molar-refractivity contribution in [1.82, 2.24) is 10.1 Å². The molecule has 0 radical (unpaired) electrons. The third kappa shape index (κ3) is 3.33. The van der Waals surface area contributed by atoms with E-state index in [1.807, 2.05) is 25.1 Å². The number of ether oxygens (including phenoxy) is 2. The molecule has 2 aromatic rings. The zero-order chi connectivity index (χ0) is 14.5. The van der Waals surface area contributed by atoms with Gasteiger partial charge < -0.3 is 19.1 Å². The second-order valence-corrected chi connectivity index (χ2v) is 4.10. The Bertz CT molecular complexity index is 609. The molecule has 0 spiro atoms. The van der Waals surface area contributed by atoms with Crippen LogP contribution in [0.1, 0.15) is 11.5 Å². The second kappa shape index (κ2) is 6.16. The average Bonchev–Trinajstić information content (AvgIpc) is 2.86. The van der Waals surface area contributed by atoms with Crippen LogP contribution in [0.3, 0.4) is 0 Å². The first-order valence-electron chi connectivity index (χ1n) is 5.87. The molecule has 0 saturated heterocycles. The molecule has 0 atom stereocenters. The monoisotopic (exact) mass is 278 g/mol. The minimum atomic E-state index is -1.05. The van der Waals surface area contributed by atoms with Crippen LogP contribution in [-0.4, -0.2) is 34.9 Å². The number of carboxylic acids is 1. The topological polar surface area (TPSA) is 94.7 Å². The van der Waals surface area contributed by atoms with E-state index in [1.54, 1.807) is 7.11 Å². The summed E-state index contributed by atoms with van der Waals surface area (Å²) in [5, 5.41) is 12.3. The van der Waals surface area contributed by atoms with Crippen LogP contribution in [-0.2, 0) is 16.1 Å². The molecule has 2 rings (SSSR count). The van der Waals surface area contributed by atoms with E-state index < -0.39 is 12.6 Å². The average molecular weight is 278 g/mol. The number of hydrogen-bond donors (Lipinski definition) is 1. The van der Waals surface area contributed by atoms with E-state index in [0.29, 0.717) is 17.1 Å². The number of aliphatic carboxylic acids is 1. The van der Waals surface area contributed by atoms with Crippen molar-refractivity contribution in [2.45, 2.75) is 13.5 Å². The number of nitrogens with zero attached hydrogens (tertiary/aromatic N) is 2. The second-order valence-electron chi connectivity index (χ2n) is 4.10. The van der Waals surface area contributed by atoms with Crippen LogP contribution in [0.4, 0.5) is 0 Å². The Morgan fingerprint density at radius 2 is 2.25 bits per heavy atom. The molecular formula is C13H14N2O5. The number of aryl methyl sites for hydroxylation is 1. The van der Waals surface area contributed by atoms with Crippen molar-refractivity contribution in [1.29, 1.82) is 0 Å². The van der Waals surface area contributed by atoms with Gasteiger partial charge in [0, 0.05) is 0 Å². The quantitative estimate of drug-likeness (QED) is 0.858. The van der Waals surface area contributed by atoms with E-state index in [0.717, 1.165) is 5.56 Å². The normalized spacial score (nSPS) is 10.5. The highest BCUT2D eigenvalue weighted by Crippen LogP contribution is 2.28. The lowest BCUT2D eigenvalue weighted by Crippen LogP contribution is -2.06. The van der Waals surface area contributed by atoms with Crippen molar-refractivity contribution >= 4 is 5.97 Å². The first-order valence-corrected chi connectivity index (χ1v) is 5.87. The number of hydrogen-bond acceptors (Lipinski definition) is 6. The molecule has 0 amide bonds. The Hall–Kier alpha value is -2.41. The zero-order valence-electron chi connectivity index (χ0n) is 11.1. The molecule has 0 unspecified atom stereocenters. The van der Waals surface area contributed by atoms with E-state index in [1.165, 1.54) is 0 Å². The SMILES string of the molecule is COc1cc(C)ccc1-c1noc(COCC(=O)O)n1. The maximum absolute atomic E-state index is 10.3. The molecule has 0 aliphatic rings. The molecule has 7 nitrogen and oxygen atoms in total. The van der Waals surface area contributed by atoms with Crippen molar-refractivity contribution in [2.75, 3.05) is 13.7 Å². The fraction of sp³-hybridized carbons (Fsp3) is 0.308. The molecule has 1 aromatic carbocycles. The highest BCUT2D eigenvalue weighted by Gasteiger charge is 2.13. The maximum Gasteiger partial charge on any atom is 0.329 e. The van der Waals surface area contributed by atoms with Gasteiger partial charge in [0.1, 0.15) is 19.0 Å². The van der Waals surface area contributed by atoms with Gasteiger partial charge in [0.25, 0.3) is 5.89 Å². The van der Waals surface area contributed by atoms with Gasteiger partial charge in [-0.1, -0.05) is 11.2 Å². The summed E-state index contributed by atoms with van der Waals surface area (Å²) in [7, 11) is 1.56. The van der Waals surface area contributed by atoms with E-state index >= 15 is 0 Å². The molecule has 7 heteroatoms. The number of benzene rings is 1. The van der Waals surface area contributed by atoms with Crippen LogP contribution >= 0.6 is 0 Å². The van der Waals surface area contributed by atoms with Crippen molar-refractivity contribution in [3.63, 3.8) is 0 Å². The summed E-state index contributed by atoms with van der Waals surface area (Å²) in [6, 6.07) is 5.61. The molecule has 0 fully saturated rings. The van der Waals surface area contributed by atoms with Crippen molar-refractivity contribution in [2.24, 2.45) is 0 Å². The van der Waals surface area contributed by atoms with Gasteiger partial charge in [-0.3, -0.25) is 0 Å². The van der Waals surface area contributed by atoms with Crippen molar-refractivity contribution in [3.05, 3.63) is 29.7 Å². The van der Waals surface area contributed by atoms with Gasteiger partial charge in [-0.05, 0) is 24.6 Å². The molecule has 1 heterocycles. The number of methoxy groups -OCH3 is 1. The van der Waals surface area contributed by atoms with Crippen LogP contribution in [0.2, 0.25) is 0 Å². The van der Waals surface area contributed by atoms with Gasteiger partial charge in [0.05, 0.1) is 12.7 Å². The predicted molar refractivity (Wildman–Crippen MR) is 68.3 cm³/mol. The number of aromatic nitrogens is 2. The standard InChI is InChI=1S/C13H14N2O5/c1-8-3-4-9(10(5-8)18-2)13-14-11(20-15-13)6-19-7-12(16)17/h3-5H,6-7H2,1-2H3,(H,16,17). The van der Waals surface area contributed by atoms with Crippen LogP contribution in [0.5, 0.6) is 5.75 Å². The number of carboxylic acid groups (broad SMARTS) is 1. The lowest BCUT2D eigenvalue weighted by atomic mass is 10.1. The van der Waals surface area contributed by atoms with Gasteiger partial charge >= 0.3 is 5.97 Å².